The first-order valence-electron chi connectivity index (χ1n) is 5.50. The van der Waals surface area contributed by atoms with Gasteiger partial charge in [-0.25, -0.2) is 4.68 Å². The molecule has 4 nitrogen and oxygen atoms in total. The summed E-state index contributed by atoms with van der Waals surface area (Å²) in [6.07, 6.45) is 6.98. The van der Waals surface area contributed by atoms with E-state index >= 15 is 0 Å². The Morgan fingerprint density at radius 1 is 1.53 bits per heavy atom. The van der Waals surface area contributed by atoms with E-state index < -0.39 is 0 Å². The first-order chi connectivity index (χ1) is 7.33. The summed E-state index contributed by atoms with van der Waals surface area (Å²) in [6.45, 7) is 1.14. The van der Waals surface area contributed by atoms with Crippen molar-refractivity contribution in [3.63, 3.8) is 0 Å². The van der Waals surface area contributed by atoms with Crippen LogP contribution in [0.4, 0.5) is 5.82 Å². The highest BCUT2D eigenvalue weighted by Gasteiger charge is 2.24. The predicted molar refractivity (Wildman–Crippen MR) is 64.4 cm³/mol. The zero-order valence-corrected chi connectivity index (χ0v) is 10.7. The van der Waals surface area contributed by atoms with Crippen LogP contribution in [0, 0.1) is 0 Å². The Morgan fingerprint density at radius 2 is 2.40 bits per heavy atom. The van der Waals surface area contributed by atoms with E-state index in [9.17, 15) is 0 Å². The van der Waals surface area contributed by atoms with Crippen LogP contribution in [-0.4, -0.2) is 32.9 Å². The van der Waals surface area contributed by atoms with E-state index in [2.05, 4.69) is 31.1 Å². The van der Waals surface area contributed by atoms with E-state index in [0.29, 0.717) is 6.04 Å². The van der Waals surface area contributed by atoms with Gasteiger partial charge in [-0.1, -0.05) is 21.1 Å². The minimum atomic E-state index is 0.648. The average Bonchev–Trinajstić information content (AvgIpc) is 2.66. The molecule has 0 bridgehead atoms. The van der Waals surface area contributed by atoms with Gasteiger partial charge in [-0.2, -0.15) is 0 Å². The van der Waals surface area contributed by atoms with E-state index in [1.54, 1.807) is 0 Å². The maximum Gasteiger partial charge on any atom is 0.147 e. The van der Waals surface area contributed by atoms with Crippen molar-refractivity contribution in [3.8, 4) is 0 Å². The zero-order valence-electron chi connectivity index (χ0n) is 9.06. The molecular weight excluding hydrogens is 256 g/mol. The number of nitrogens with zero attached hydrogens (tertiary/aromatic N) is 4. The van der Waals surface area contributed by atoms with Crippen molar-refractivity contribution in [2.24, 2.45) is 7.05 Å². The SMILES string of the molecule is Cn1nncc1N1CCCCC1CCBr. The number of anilines is 1. The summed E-state index contributed by atoms with van der Waals surface area (Å²) in [5.41, 5.74) is 0. The molecule has 0 radical (unpaired) electrons. The number of halogens is 1. The predicted octanol–water partition coefficient (Wildman–Crippen LogP) is 1.96. The summed E-state index contributed by atoms with van der Waals surface area (Å²) < 4.78 is 1.87. The molecule has 0 aliphatic carbocycles. The number of alkyl halides is 1. The van der Waals surface area contributed by atoms with E-state index in [0.717, 1.165) is 17.7 Å². The Labute approximate surface area is 98.8 Å². The van der Waals surface area contributed by atoms with Gasteiger partial charge in [-0.05, 0) is 25.7 Å². The van der Waals surface area contributed by atoms with Crippen LogP contribution >= 0.6 is 15.9 Å². The molecule has 1 aromatic heterocycles. The molecule has 0 spiro atoms. The van der Waals surface area contributed by atoms with Crippen LogP contribution in [-0.2, 0) is 7.05 Å². The lowest BCUT2D eigenvalue weighted by atomic mass is 10.0. The highest BCUT2D eigenvalue weighted by Crippen LogP contribution is 2.25. The van der Waals surface area contributed by atoms with Gasteiger partial charge in [-0.15, -0.1) is 5.10 Å². The van der Waals surface area contributed by atoms with Gasteiger partial charge in [0.1, 0.15) is 5.82 Å². The van der Waals surface area contributed by atoms with Gasteiger partial charge >= 0.3 is 0 Å². The summed E-state index contributed by atoms with van der Waals surface area (Å²) in [5.74, 6) is 1.15. The molecule has 1 saturated heterocycles. The summed E-state index contributed by atoms with van der Waals surface area (Å²) in [5, 5.41) is 9.02. The van der Waals surface area contributed by atoms with Crippen LogP contribution in [0.15, 0.2) is 6.20 Å². The third-order valence-corrected chi connectivity index (χ3v) is 3.51. The normalized spacial score (nSPS) is 22.0. The van der Waals surface area contributed by atoms with Crippen molar-refractivity contribution in [2.75, 3.05) is 16.8 Å². The summed E-state index contributed by atoms with van der Waals surface area (Å²) in [7, 11) is 1.96. The van der Waals surface area contributed by atoms with E-state index in [1.165, 1.54) is 25.7 Å². The van der Waals surface area contributed by atoms with Gasteiger partial charge in [0.15, 0.2) is 0 Å². The van der Waals surface area contributed by atoms with Gasteiger partial charge in [0, 0.05) is 25.0 Å². The fraction of sp³-hybridized carbons (Fsp3) is 0.800. The molecule has 1 unspecified atom stereocenters. The summed E-state index contributed by atoms with van der Waals surface area (Å²) in [6, 6.07) is 0.648. The molecule has 0 aromatic carbocycles. The molecule has 1 atom stereocenters. The van der Waals surface area contributed by atoms with Crippen LogP contribution in [0.5, 0.6) is 0 Å². The maximum absolute atomic E-state index is 4.00. The van der Waals surface area contributed by atoms with Crippen molar-refractivity contribution < 1.29 is 0 Å². The molecule has 1 aliphatic heterocycles. The number of hydrogen-bond acceptors (Lipinski definition) is 3. The summed E-state index contributed by atoms with van der Waals surface area (Å²) in [4.78, 5) is 2.45. The van der Waals surface area contributed by atoms with Crippen molar-refractivity contribution in [1.82, 2.24) is 15.0 Å². The molecular formula is C10H17BrN4. The van der Waals surface area contributed by atoms with Crippen LogP contribution in [0.3, 0.4) is 0 Å². The molecule has 2 heterocycles. The van der Waals surface area contributed by atoms with Gasteiger partial charge in [0.25, 0.3) is 0 Å². The number of aromatic nitrogens is 3. The van der Waals surface area contributed by atoms with Crippen LogP contribution in [0.1, 0.15) is 25.7 Å². The Morgan fingerprint density at radius 3 is 3.07 bits per heavy atom. The monoisotopic (exact) mass is 272 g/mol. The topological polar surface area (TPSA) is 34.0 Å². The average molecular weight is 273 g/mol. The van der Waals surface area contributed by atoms with E-state index in [-0.39, 0.29) is 0 Å². The van der Waals surface area contributed by atoms with Crippen LogP contribution in [0.25, 0.3) is 0 Å². The molecule has 15 heavy (non-hydrogen) atoms. The molecule has 1 aromatic rings. The fourth-order valence-corrected chi connectivity index (χ4v) is 2.80. The van der Waals surface area contributed by atoms with Crippen molar-refractivity contribution in [2.45, 2.75) is 31.7 Å². The van der Waals surface area contributed by atoms with Crippen LogP contribution in [0.2, 0.25) is 0 Å². The van der Waals surface area contributed by atoms with Crippen molar-refractivity contribution >= 4 is 21.7 Å². The summed E-state index contributed by atoms with van der Waals surface area (Å²) >= 11 is 3.53. The highest BCUT2D eigenvalue weighted by molar-refractivity contribution is 9.09. The minimum absolute atomic E-state index is 0.648. The highest BCUT2D eigenvalue weighted by atomic mass is 79.9. The number of piperidine rings is 1. The first-order valence-corrected chi connectivity index (χ1v) is 6.62. The minimum Gasteiger partial charge on any atom is -0.352 e. The second kappa shape index (κ2) is 4.96. The standard InChI is InChI=1S/C10H17BrN4/c1-14-10(8-12-13-14)15-7-3-2-4-9(15)5-6-11/h8-9H,2-7H2,1H3. The third kappa shape index (κ3) is 2.33. The molecule has 84 valence electrons. The van der Waals surface area contributed by atoms with Gasteiger partial charge < -0.3 is 4.90 Å². The third-order valence-electron chi connectivity index (χ3n) is 3.05. The van der Waals surface area contributed by atoms with Crippen molar-refractivity contribution in [1.29, 1.82) is 0 Å². The second-order valence-corrected chi connectivity index (χ2v) is 4.83. The Balaban J connectivity index is 2.14. The Bertz CT molecular complexity index is 310. The largest absolute Gasteiger partial charge is 0.352 e. The lowest BCUT2D eigenvalue weighted by molar-refractivity contribution is 0.443. The quantitative estimate of drug-likeness (QED) is 0.789. The molecule has 0 amide bonds. The van der Waals surface area contributed by atoms with E-state index in [4.69, 9.17) is 0 Å². The molecule has 2 rings (SSSR count). The lowest BCUT2D eigenvalue weighted by Gasteiger charge is -2.36. The lowest BCUT2D eigenvalue weighted by Crippen LogP contribution is -2.40. The molecule has 0 N–H and O–H groups in total. The molecule has 0 saturated carbocycles. The number of rotatable bonds is 3. The maximum atomic E-state index is 4.00. The second-order valence-electron chi connectivity index (χ2n) is 4.04. The molecule has 5 heteroatoms. The smallest absolute Gasteiger partial charge is 0.147 e. The van der Waals surface area contributed by atoms with Gasteiger partial charge in [0.2, 0.25) is 0 Å². The van der Waals surface area contributed by atoms with E-state index in [1.807, 2.05) is 17.9 Å². The van der Waals surface area contributed by atoms with Gasteiger partial charge in [-0.3, -0.25) is 0 Å². The zero-order chi connectivity index (χ0) is 10.7. The Kier molecular flexibility index (Phi) is 3.61. The number of aryl methyl sites for hydroxylation is 1. The van der Waals surface area contributed by atoms with Crippen LogP contribution < -0.4 is 4.90 Å². The molecule has 1 fully saturated rings. The molecule has 1 aliphatic rings. The Hall–Kier alpha value is -0.580. The van der Waals surface area contributed by atoms with Crippen molar-refractivity contribution in [3.05, 3.63) is 6.20 Å². The fourth-order valence-electron chi connectivity index (χ4n) is 2.27. The van der Waals surface area contributed by atoms with Gasteiger partial charge in [0.05, 0.1) is 6.20 Å². The first kappa shape index (κ1) is 10.9. The number of hydrogen-bond donors (Lipinski definition) is 0.